The van der Waals surface area contributed by atoms with Crippen LogP contribution in [0.3, 0.4) is 0 Å². The molecule has 1 saturated carbocycles. The normalized spacial score (nSPS) is 18.4. The molecule has 0 aromatic heterocycles. The first kappa shape index (κ1) is 14.9. The number of nitrogens with zero attached hydrogens (tertiary/aromatic N) is 1. The molecule has 1 aliphatic carbocycles. The van der Waals surface area contributed by atoms with E-state index in [1.165, 1.54) is 12.8 Å². The van der Waals surface area contributed by atoms with Gasteiger partial charge in [0.2, 0.25) is 0 Å². The topological polar surface area (TPSA) is 42.2 Å². The van der Waals surface area contributed by atoms with Gasteiger partial charge in [-0.15, -0.1) is 0 Å². The summed E-state index contributed by atoms with van der Waals surface area (Å²) in [6.45, 7) is 5.74. The average Bonchev–Trinajstić information content (AvgIpc) is 2.45. The van der Waals surface area contributed by atoms with Crippen LogP contribution in [-0.4, -0.2) is 19.3 Å². The van der Waals surface area contributed by atoms with E-state index in [2.05, 4.69) is 19.9 Å². The number of nitriles is 1. The third kappa shape index (κ3) is 4.25. The van der Waals surface area contributed by atoms with Crippen molar-refractivity contribution in [3.63, 3.8) is 0 Å². The van der Waals surface area contributed by atoms with E-state index in [9.17, 15) is 0 Å². The fourth-order valence-electron chi connectivity index (χ4n) is 2.59. The van der Waals surface area contributed by atoms with Gasteiger partial charge in [0.05, 0.1) is 18.3 Å². The molecule has 0 unspecified atom stereocenters. The van der Waals surface area contributed by atoms with Gasteiger partial charge in [0.25, 0.3) is 0 Å². The fraction of sp³-hybridized carbons (Fsp3) is 0.588. The standard InChI is InChI=1S/C17H23NO2/c1-17(2)9-7-15(8-10-17)19-11-12-20-16-6-4-3-5-14(16)13-18/h3-6,15H,7-12H2,1-2H3. The van der Waals surface area contributed by atoms with E-state index in [0.29, 0.717) is 36.0 Å². The van der Waals surface area contributed by atoms with E-state index >= 15 is 0 Å². The van der Waals surface area contributed by atoms with Crippen LogP contribution >= 0.6 is 0 Å². The summed E-state index contributed by atoms with van der Waals surface area (Å²) < 4.78 is 11.5. The highest BCUT2D eigenvalue weighted by atomic mass is 16.5. The molecule has 2 rings (SSSR count). The Labute approximate surface area is 121 Å². The summed E-state index contributed by atoms with van der Waals surface area (Å²) in [5, 5.41) is 8.97. The predicted molar refractivity (Wildman–Crippen MR) is 78.6 cm³/mol. The molecule has 3 nitrogen and oxygen atoms in total. The van der Waals surface area contributed by atoms with Gasteiger partial charge in [0, 0.05) is 0 Å². The molecule has 1 fully saturated rings. The molecule has 0 saturated heterocycles. The highest BCUT2D eigenvalue weighted by Gasteiger charge is 2.26. The third-order valence-corrected chi connectivity index (χ3v) is 3.99. The van der Waals surface area contributed by atoms with Crippen molar-refractivity contribution >= 4 is 0 Å². The van der Waals surface area contributed by atoms with Crippen LogP contribution in [0.5, 0.6) is 5.75 Å². The second-order valence-electron chi connectivity index (χ2n) is 6.19. The van der Waals surface area contributed by atoms with E-state index in [1.54, 1.807) is 6.07 Å². The van der Waals surface area contributed by atoms with Crippen LogP contribution in [-0.2, 0) is 4.74 Å². The van der Waals surface area contributed by atoms with Crippen molar-refractivity contribution in [2.24, 2.45) is 5.41 Å². The van der Waals surface area contributed by atoms with Gasteiger partial charge in [0.1, 0.15) is 18.4 Å². The lowest BCUT2D eigenvalue weighted by atomic mass is 9.76. The van der Waals surface area contributed by atoms with E-state index in [0.717, 1.165) is 12.8 Å². The fourth-order valence-corrected chi connectivity index (χ4v) is 2.59. The summed E-state index contributed by atoms with van der Waals surface area (Å²) in [5.41, 5.74) is 1.05. The number of benzene rings is 1. The monoisotopic (exact) mass is 273 g/mol. The second-order valence-corrected chi connectivity index (χ2v) is 6.19. The lowest BCUT2D eigenvalue weighted by Crippen LogP contribution is -2.27. The predicted octanol–water partition coefficient (Wildman–Crippen LogP) is 3.92. The highest BCUT2D eigenvalue weighted by molar-refractivity contribution is 5.42. The van der Waals surface area contributed by atoms with Crippen molar-refractivity contribution in [2.45, 2.75) is 45.6 Å². The Kier molecular flexibility index (Phi) is 5.03. The Bertz CT molecular complexity index is 466. The molecule has 0 spiro atoms. The van der Waals surface area contributed by atoms with Crippen molar-refractivity contribution in [2.75, 3.05) is 13.2 Å². The first-order chi connectivity index (χ1) is 9.61. The Morgan fingerprint density at radius 3 is 2.60 bits per heavy atom. The second kappa shape index (κ2) is 6.76. The minimum atomic E-state index is 0.373. The Morgan fingerprint density at radius 2 is 1.90 bits per heavy atom. The summed E-state index contributed by atoms with van der Waals surface area (Å²) in [4.78, 5) is 0. The molecule has 3 heteroatoms. The minimum Gasteiger partial charge on any atom is -0.490 e. The van der Waals surface area contributed by atoms with Crippen molar-refractivity contribution in [1.82, 2.24) is 0 Å². The van der Waals surface area contributed by atoms with Gasteiger partial charge < -0.3 is 9.47 Å². The van der Waals surface area contributed by atoms with E-state index in [1.807, 2.05) is 18.2 Å². The van der Waals surface area contributed by atoms with Crippen LogP contribution in [0.25, 0.3) is 0 Å². The Balaban J connectivity index is 1.69. The zero-order valence-corrected chi connectivity index (χ0v) is 12.4. The van der Waals surface area contributed by atoms with Crippen LogP contribution < -0.4 is 4.74 Å². The first-order valence-corrected chi connectivity index (χ1v) is 7.34. The van der Waals surface area contributed by atoms with E-state index < -0.39 is 0 Å². The maximum atomic E-state index is 8.97. The summed E-state index contributed by atoms with van der Waals surface area (Å²) in [5.74, 6) is 0.642. The summed E-state index contributed by atoms with van der Waals surface area (Å²) in [7, 11) is 0. The zero-order chi connectivity index (χ0) is 14.4. The summed E-state index contributed by atoms with van der Waals surface area (Å²) in [6, 6.07) is 9.43. The quantitative estimate of drug-likeness (QED) is 0.763. The maximum Gasteiger partial charge on any atom is 0.137 e. The number of para-hydroxylation sites is 1. The zero-order valence-electron chi connectivity index (χ0n) is 12.4. The molecule has 1 aliphatic rings. The Hall–Kier alpha value is -1.53. The summed E-state index contributed by atoms with van der Waals surface area (Å²) >= 11 is 0. The molecular formula is C17H23NO2. The lowest BCUT2D eigenvalue weighted by molar-refractivity contribution is -0.00734. The minimum absolute atomic E-state index is 0.373. The number of hydrogen-bond acceptors (Lipinski definition) is 3. The smallest absolute Gasteiger partial charge is 0.137 e. The molecule has 0 N–H and O–H groups in total. The lowest BCUT2D eigenvalue weighted by Gasteiger charge is -2.34. The van der Waals surface area contributed by atoms with Crippen LogP contribution in [0, 0.1) is 16.7 Å². The van der Waals surface area contributed by atoms with Crippen molar-refractivity contribution in [1.29, 1.82) is 5.26 Å². The number of hydrogen-bond donors (Lipinski definition) is 0. The van der Waals surface area contributed by atoms with Gasteiger partial charge in [-0.25, -0.2) is 0 Å². The van der Waals surface area contributed by atoms with Crippen LogP contribution in [0.2, 0.25) is 0 Å². The van der Waals surface area contributed by atoms with E-state index in [4.69, 9.17) is 14.7 Å². The molecule has 1 aromatic rings. The highest BCUT2D eigenvalue weighted by Crippen LogP contribution is 2.36. The molecule has 0 amide bonds. The molecule has 0 atom stereocenters. The number of rotatable bonds is 5. The van der Waals surface area contributed by atoms with Crippen molar-refractivity contribution < 1.29 is 9.47 Å². The van der Waals surface area contributed by atoms with E-state index in [-0.39, 0.29) is 0 Å². The molecule has 0 bridgehead atoms. The molecular weight excluding hydrogens is 250 g/mol. The molecule has 0 heterocycles. The Morgan fingerprint density at radius 1 is 1.20 bits per heavy atom. The van der Waals surface area contributed by atoms with Gasteiger partial charge in [-0.1, -0.05) is 26.0 Å². The SMILES string of the molecule is CC1(C)CCC(OCCOc2ccccc2C#N)CC1. The van der Waals surface area contributed by atoms with Crippen LogP contribution in [0.15, 0.2) is 24.3 Å². The molecule has 1 aromatic carbocycles. The molecule has 108 valence electrons. The first-order valence-electron chi connectivity index (χ1n) is 7.34. The van der Waals surface area contributed by atoms with Gasteiger partial charge in [-0.3, -0.25) is 0 Å². The van der Waals surface area contributed by atoms with Gasteiger partial charge in [-0.2, -0.15) is 5.26 Å². The summed E-state index contributed by atoms with van der Waals surface area (Å²) in [6.07, 6.45) is 5.12. The number of ether oxygens (including phenoxy) is 2. The average molecular weight is 273 g/mol. The van der Waals surface area contributed by atoms with Crippen molar-refractivity contribution in [3.8, 4) is 11.8 Å². The van der Waals surface area contributed by atoms with Gasteiger partial charge in [0.15, 0.2) is 0 Å². The molecule has 0 radical (unpaired) electrons. The third-order valence-electron chi connectivity index (χ3n) is 3.99. The molecule has 20 heavy (non-hydrogen) atoms. The van der Waals surface area contributed by atoms with Gasteiger partial charge in [-0.05, 0) is 43.2 Å². The molecule has 0 aliphatic heterocycles. The van der Waals surface area contributed by atoms with Crippen LogP contribution in [0.1, 0.15) is 45.1 Å². The van der Waals surface area contributed by atoms with Crippen LogP contribution in [0.4, 0.5) is 0 Å². The maximum absolute atomic E-state index is 8.97. The largest absolute Gasteiger partial charge is 0.490 e. The van der Waals surface area contributed by atoms with Crippen molar-refractivity contribution in [3.05, 3.63) is 29.8 Å². The van der Waals surface area contributed by atoms with Gasteiger partial charge >= 0.3 is 0 Å².